The second kappa shape index (κ2) is 7.81. The third-order valence-corrected chi connectivity index (χ3v) is 4.63. The van der Waals surface area contributed by atoms with Crippen LogP contribution in [0.5, 0.6) is 0 Å². The number of nitrogens with one attached hydrogen (secondary N) is 1. The molecule has 3 N–H and O–H groups in total. The Kier molecular flexibility index (Phi) is 6.02. The molecule has 1 aromatic heterocycles. The zero-order chi connectivity index (χ0) is 16.4. The van der Waals surface area contributed by atoms with Gasteiger partial charge in [0.25, 0.3) is 0 Å². The molecule has 0 aliphatic heterocycles. The number of rotatable bonds is 3. The van der Waals surface area contributed by atoms with Crippen molar-refractivity contribution in [2.24, 2.45) is 11.7 Å². The number of halogens is 1. The van der Waals surface area contributed by atoms with Crippen LogP contribution < -0.4 is 11.1 Å². The van der Waals surface area contributed by atoms with Crippen LogP contribution in [0.15, 0.2) is 30.3 Å². The number of amides is 1. The van der Waals surface area contributed by atoms with Crippen LogP contribution in [0, 0.1) is 19.8 Å². The number of nitrogens with zero attached hydrogens (tertiary/aromatic N) is 2. The third kappa shape index (κ3) is 3.79. The van der Waals surface area contributed by atoms with E-state index in [1.54, 1.807) is 0 Å². The van der Waals surface area contributed by atoms with Gasteiger partial charge in [-0.1, -0.05) is 24.6 Å². The molecule has 1 amide bonds. The number of para-hydroxylation sites is 1. The van der Waals surface area contributed by atoms with Gasteiger partial charge in [0, 0.05) is 12.0 Å². The molecule has 0 saturated heterocycles. The average Bonchev–Trinajstić information content (AvgIpc) is 2.84. The molecule has 3 rings (SSSR count). The molecule has 6 heteroatoms. The third-order valence-electron chi connectivity index (χ3n) is 4.63. The standard InChI is InChI=1S/C18H24N4O.ClH/c1-12-17(20-18(23)14-7-6-8-15(19)11-14)13(2)22(21-12)16-9-4-3-5-10-16;/h3-5,9-10,14-15H,6-8,11,19H2,1-2H3,(H,20,23);1H. The van der Waals surface area contributed by atoms with E-state index in [1.165, 1.54) is 0 Å². The number of nitrogens with two attached hydrogens (primary N) is 1. The van der Waals surface area contributed by atoms with E-state index in [1.807, 2.05) is 48.9 Å². The van der Waals surface area contributed by atoms with Gasteiger partial charge in [-0.05, 0) is 45.2 Å². The maximum Gasteiger partial charge on any atom is 0.227 e. The lowest BCUT2D eigenvalue weighted by Gasteiger charge is -2.25. The number of anilines is 1. The molecule has 1 aromatic carbocycles. The Morgan fingerprint density at radius 3 is 2.62 bits per heavy atom. The van der Waals surface area contributed by atoms with Crippen molar-refractivity contribution in [1.29, 1.82) is 0 Å². The SMILES string of the molecule is Cc1nn(-c2ccccc2)c(C)c1NC(=O)C1CCCC(N)C1.Cl. The summed E-state index contributed by atoms with van der Waals surface area (Å²) in [5.41, 5.74) is 9.59. The Morgan fingerprint density at radius 2 is 1.96 bits per heavy atom. The normalized spacial score (nSPS) is 20.3. The van der Waals surface area contributed by atoms with Gasteiger partial charge in [0.2, 0.25) is 5.91 Å². The van der Waals surface area contributed by atoms with Crippen LogP contribution in [-0.4, -0.2) is 21.7 Å². The van der Waals surface area contributed by atoms with E-state index in [9.17, 15) is 4.79 Å². The maximum atomic E-state index is 12.6. The minimum Gasteiger partial charge on any atom is -0.328 e. The summed E-state index contributed by atoms with van der Waals surface area (Å²) in [6, 6.07) is 10.1. The van der Waals surface area contributed by atoms with Crippen LogP contribution in [-0.2, 0) is 4.79 Å². The zero-order valence-electron chi connectivity index (χ0n) is 14.2. The monoisotopic (exact) mass is 348 g/mol. The van der Waals surface area contributed by atoms with Crippen molar-refractivity contribution < 1.29 is 4.79 Å². The van der Waals surface area contributed by atoms with E-state index in [4.69, 9.17) is 5.73 Å². The molecule has 1 saturated carbocycles. The molecule has 130 valence electrons. The van der Waals surface area contributed by atoms with Crippen molar-refractivity contribution in [3.63, 3.8) is 0 Å². The Morgan fingerprint density at radius 1 is 1.25 bits per heavy atom. The second-order valence-corrected chi connectivity index (χ2v) is 6.41. The van der Waals surface area contributed by atoms with Gasteiger partial charge >= 0.3 is 0 Å². The van der Waals surface area contributed by atoms with Crippen LogP contribution in [0.25, 0.3) is 5.69 Å². The molecule has 2 unspecified atom stereocenters. The zero-order valence-corrected chi connectivity index (χ0v) is 15.0. The Bertz CT molecular complexity index is 699. The highest BCUT2D eigenvalue weighted by molar-refractivity contribution is 5.93. The molecule has 2 atom stereocenters. The van der Waals surface area contributed by atoms with E-state index in [0.29, 0.717) is 0 Å². The minimum atomic E-state index is 0. The van der Waals surface area contributed by atoms with Gasteiger partial charge < -0.3 is 11.1 Å². The number of aryl methyl sites for hydroxylation is 1. The Hall–Kier alpha value is -1.85. The predicted octanol–water partition coefficient (Wildman–Crippen LogP) is 3.37. The summed E-state index contributed by atoms with van der Waals surface area (Å²) in [7, 11) is 0. The molecule has 1 fully saturated rings. The molecule has 24 heavy (non-hydrogen) atoms. The Labute approximate surface area is 149 Å². The molecular formula is C18H25ClN4O. The summed E-state index contributed by atoms with van der Waals surface area (Å²) in [6.07, 6.45) is 3.75. The van der Waals surface area contributed by atoms with Crippen molar-refractivity contribution in [3.05, 3.63) is 41.7 Å². The van der Waals surface area contributed by atoms with E-state index in [2.05, 4.69) is 10.4 Å². The first-order valence-electron chi connectivity index (χ1n) is 8.24. The van der Waals surface area contributed by atoms with Crippen molar-refractivity contribution >= 4 is 24.0 Å². The molecule has 1 aliphatic carbocycles. The van der Waals surface area contributed by atoms with E-state index < -0.39 is 0 Å². The number of benzene rings is 1. The van der Waals surface area contributed by atoms with Gasteiger partial charge in [0.15, 0.2) is 0 Å². The van der Waals surface area contributed by atoms with Crippen LogP contribution in [0.4, 0.5) is 5.69 Å². The van der Waals surface area contributed by atoms with Crippen molar-refractivity contribution in [1.82, 2.24) is 9.78 Å². The topological polar surface area (TPSA) is 72.9 Å². The fourth-order valence-corrected chi connectivity index (χ4v) is 3.34. The van der Waals surface area contributed by atoms with E-state index in [0.717, 1.165) is 48.4 Å². The molecule has 1 heterocycles. The highest BCUT2D eigenvalue weighted by Crippen LogP contribution is 2.27. The van der Waals surface area contributed by atoms with Crippen molar-refractivity contribution in [2.45, 2.75) is 45.6 Å². The minimum absolute atomic E-state index is 0. The highest BCUT2D eigenvalue weighted by Gasteiger charge is 2.26. The number of hydrogen-bond acceptors (Lipinski definition) is 3. The highest BCUT2D eigenvalue weighted by atomic mass is 35.5. The van der Waals surface area contributed by atoms with E-state index in [-0.39, 0.29) is 30.3 Å². The van der Waals surface area contributed by atoms with Gasteiger partial charge in [-0.25, -0.2) is 4.68 Å². The van der Waals surface area contributed by atoms with E-state index >= 15 is 0 Å². The molecule has 0 spiro atoms. The molecule has 0 radical (unpaired) electrons. The van der Waals surface area contributed by atoms with Crippen LogP contribution in [0.2, 0.25) is 0 Å². The quantitative estimate of drug-likeness (QED) is 0.893. The smallest absolute Gasteiger partial charge is 0.227 e. The molecule has 1 aliphatic rings. The van der Waals surface area contributed by atoms with Gasteiger partial charge in [0.1, 0.15) is 0 Å². The maximum absolute atomic E-state index is 12.6. The summed E-state index contributed by atoms with van der Waals surface area (Å²) in [4.78, 5) is 12.6. The lowest BCUT2D eigenvalue weighted by atomic mass is 9.85. The van der Waals surface area contributed by atoms with Crippen molar-refractivity contribution in [3.8, 4) is 5.69 Å². The fourth-order valence-electron chi connectivity index (χ4n) is 3.34. The average molecular weight is 349 g/mol. The molecule has 5 nitrogen and oxygen atoms in total. The van der Waals surface area contributed by atoms with Gasteiger partial charge in [-0.3, -0.25) is 4.79 Å². The lowest BCUT2D eigenvalue weighted by Crippen LogP contribution is -2.34. The summed E-state index contributed by atoms with van der Waals surface area (Å²) >= 11 is 0. The second-order valence-electron chi connectivity index (χ2n) is 6.41. The summed E-state index contributed by atoms with van der Waals surface area (Å²) in [5, 5.41) is 7.65. The Balaban J connectivity index is 0.00000208. The summed E-state index contributed by atoms with van der Waals surface area (Å²) < 4.78 is 1.87. The summed E-state index contributed by atoms with van der Waals surface area (Å²) in [5.74, 6) is 0.0802. The summed E-state index contributed by atoms with van der Waals surface area (Å²) in [6.45, 7) is 3.91. The van der Waals surface area contributed by atoms with Crippen molar-refractivity contribution in [2.75, 3.05) is 5.32 Å². The fraction of sp³-hybridized carbons (Fsp3) is 0.444. The molecular weight excluding hydrogens is 324 g/mol. The first-order chi connectivity index (χ1) is 11.1. The predicted molar refractivity (Wildman–Crippen MR) is 98.8 cm³/mol. The van der Waals surface area contributed by atoms with Crippen LogP contribution in [0.3, 0.4) is 0 Å². The first-order valence-corrected chi connectivity index (χ1v) is 8.24. The number of aromatic nitrogens is 2. The number of carbonyl (C=O) groups excluding carboxylic acids is 1. The van der Waals surface area contributed by atoms with Gasteiger partial charge in [-0.2, -0.15) is 5.10 Å². The van der Waals surface area contributed by atoms with Gasteiger partial charge in [-0.15, -0.1) is 12.4 Å². The van der Waals surface area contributed by atoms with Crippen LogP contribution >= 0.6 is 12.4 Å². The molecule has 0 bridgehead atoms. The number of carbonyl (C=O) groups is 1. The number of hydrogen-bond donors (Lipinski definition) is 2. The molecule has 2 aromatic rings. The van der Waals surface area contributed by atoms with Gasteiger partial charge in [0.05, 0.1) is 22.8 Å². The van der Waals surface area contributed by atoms with Crippen LogP contribution in [0.1, 0.15) is 37.1 Å². The lowest BCUT2D eigenvalue weighted by molar-refractivity contribution is -0.120. The first kappa shape index (κ1) is 18.5. The largest absolute Gasteiger partial charge is 0.328 e.